The highest BCUT2D eigenvalue weighted by Gasteiger charge is 2.49. The van der Waals surface area contributed by atoms with Crippen LogP contribution in [0.3, 0.4) is 0 Å². The second kappa shape index (κ2) is 9.14. The van der Waals surface area contributed by atoms with Gasteiger partial charge in [0.15, 0.2) is 6.61 Å². The first-order valence-electron chi connectivity index (χ1n) is 10.8. The number of hydroxylamine groups is 2. The molecule has 7 heteroatoms. The molecule has 0 spiro atoms. The normalized spacial score (nSPS) is 19.7. The van der Waals surface area contributed by atoms with E-state index in [1.54, 1.807) is 0 Å². The summed E-state index contributed by atoms with van der Waals surface area (Å²) in [6.07, 6.45) is 0.952. The van der Waals surface area contributed by atoms with Gasteiger partial charge in [0.2, 0.25) is 5.89 Å². The summed E-state index contributed by atoms with van der Waals surface area (Å²) in [4.78, 5) is 21.5. The van der Waals surface area contributed by atoms with Crippen molar-refractivity contribution in [1.29, 1.82) is 0 Å². The minimum atomic E-state index is -0.991. The number of oxazole rings is 1. The number of aromatic nitrogens is 1. The zero-order chi connectivity index (χ0) is 22.8. The molecule has 1 aromatic heterocycles. The fourth-order valence-electron chi connectivity index (χ4n) is 3.88. The van der Waals surface area contributed by atoms with Crippen LogP contribution in [-0.2, 0) is 16.2 Å². The van der Waals surface area contributed by atoms with E-state index in [2.05, 4.69) is 11.9 Å². The number of nitrogens with zero attached hydrogens (tertiary/aromatic N) is 2. The van der Waals surface area contributed by atoms with Gasteiger partial charge in [-0.3, -0.25) is 4.84 Å². The van der Waals surface area contributed by atoms with Gasteiger partial charge in [0.1, 0.15) is 23.8 Å². The lowest BCUT2D eigenvalue weighted by molar-refractivity contribution is -0.139. The van der Waals surface area contributed by atoms with Gasteiger partial charge in [0.05, 0.1) is 12.1 Å². The Morgan fingerprint density at radius 3 is 2.56 bits per heavy atom. The average Bonchev–Trinajstić information content (AvgIpc) is 3.36. The standard InChI is InChI=1S/C25H28N2O5/c1-5-21-24(19-10-11-22(16(3)12-19)30-14-23(28)29)27(21)31-13-20-17(4)32-25(26-20)18-8-6-15(2)7-9-18/h6-12,21,24H,5,13-14H2,1-4H3,(H,28,29). The Balaban J connectivity index is 1.42. The fraction of sp³-hybridized carbons (Fsp3) is 0.360. The molecule has 7 nitrogen and oxygen atoms in total. The van der Waals surface area contributed by atoms with Crippen LogP contribution in [0.25, 0.3) is 11.5 Å². The van der Waals surface area contributed by atoms with Gasteiger partial charge in [0.25, 0.3) is 0 Å². The molecule has 3 aromatic rings. The summed E-state index contributed by atoms with van der Waals surface area (Å²) < 4.78 is 11.2. The fourth-order valence-corrected chi connectivity index (χ4v) is 3.88. The average molecular weight is 437 g/mol. The van der Waals surface area contributed by atoms with Gasteiger partial charge in [-0.25, -0.2) is 9.78 Å². The first-order chi connectivity index (χ1) is 15.4. The molecule has 0 aliphatic carbocycles. The van der Waals surface area contributed by atoms with Crippen molar-refractivity contribution in [3.63, 3.8) is 0 Å². The minimum absolute atomic E-state index is 0.149. The molecule has 1 fully saturated rings. The highest BCUT2D eigenvalue weighted by Crippen LogP contribution is 2.46. The van der Waals surface area contributed by atoms with Crippen LogP contribution in [0.2, 0.25) is 0 Å². The quantitative estimate of drug-likeness (QED) is 0.473. The second-order valence-corrected chi connectivity index (χ2v) is 8.15. The van der Waals surface area contributed by atoms with Crippen LogP contribution in [0.1, 0.15) is 47.5 Å². The molecular formula is C25H28N2O5. The number of ether oxygens (including phenoxy) is 1. The Labute approximate surface area is 187 Å². The third-order valence-corrected chi connectivity index (χ3v) is 5.73. The molecule has 0 radical (unpaired) electrons. The van der Waals surface area contributed by atoms with E-state index in [-0.39, 0.29) is 18.7 Å². The van der Waals surface area contributed by atoms with E-state index >= 15 is 0 Å². The van der Waals surface area contributed by atoms with Crippen LogP contribution in [-0.4, -0.2) is 33.8 Å². The molecule has 1 saturated heterocycles. The zero-order valence-electron chi connectivity index (χ0n) is 18.8. The molecule has 2 aromatic carbocycles. The summed E-state index contributed by atoms with van der Waals surface area (Å²) in [5.41, 5.74) is 4.95. The van der Waals surface area contributed by atoms with Crippen LogP contribution in [0, 0.1) is 20.8 Å². The summed E-state index contributed by atoms with van der Waals surface area (Å²) in [6.45, 7) is 7.99. The first kappa shape index (κ1) is 22.0. The van der Waals surface area contributed by atoms with E-state index in [1.165, 1.54) is 5.56 Å². The predicted octanol–water partition coefficient (Wildman–Crippen LogP) is 5.00. The van der Waals surface area contributed by atoms with Crippen molar-refractivity contribution in [3.8, 4) is 17.2 Å². The van der Waals surface area contributed by atoms with Crippen LogP contribution in [0.5, 0.6) is 5.75 Å². The molecule has 0 saturated carbocycles. The monoisotopic (exact) mass is 436 g/mol. The van der Waals surface area contributed by atoms with Crippen molar-refractivity contribution in [2.24, 2.45) is 0 Å². The number of carbonyl (C=O) groups is 1. The van der Waals surface area contributed by atoms with E-state index < -0.39 is 5.97 Å². The molecule has 1 aliphatic heterocycles. The van der Waals surface area contributed by atoms with Crippen LogP contribution >= 0.6 is 0 Å². The summed E-state index contributed by atoms with van der Waals surface area (Å²) in [7, 11) is 0. The highest BCUT2D eigenvalue weighted by atomic mass is 16.7. The Kier molecular flexibility index (Phi) is 6.30. The summed E-state index contributed by atoms with van der Waals surface area (Å²) >= 11 is 0. The van der Waals surface area contributed by atoms with E-state index in [0.717, 1.165) is 34.6 Å². The van der Waals surface area contributed by atoms with Crippen molar-refractivity contribution in [1.82, 2.24) is 10.0 Å². The molecule has 0 bridgehead atoms. The van der Waals surface area contributed by atoms with Crippen molar-refractivity contribution in [3.05, 3.63) is 70.6 Å². The first-order valence-corrected chi connectivity index (χ1v) is 10.8. The molecule has 2 heterocycles. The number of carboxylic acid groups (broad SMARTS) is 1. The van der Waals surface area contributed by atoms with E-state index in [9.17, 15) is 4.79 Å². The Bertz CT molecular complexity index is 1110. The molecule has 3 unspecified atom stereocenters. The molecule has 4 rings (SSSR count). The molecule has 1 aliphatic rings. The van der Waals surface area contributed by atoms with Gasteiger partial charge in [-0.1, -0.05) is 36.8 Å². The number of hydrogen-bond acceptors (Lipinski definition) is 6. The minimum Gasteiger partial charge on any atom is -0.482 e. The van der Waals surface area contributed by atoms with Crippen LogP contribution in [0.15, 0.2) is 46.9 Å². The molecule has 168 valence electrons. The van der Waals surface area contributed by atoms with Gasteiger partial charge < -0.3 is 14.3 Å². The van der Waals surface area contributed by atoms with E-state index in [4.69, 9.17) is 19.1 Å². The van der Waals surface area contributed by atoms with Crippen LogP contribution < -0.4 is 4.74 Å². The number of aryl methyl sites for hydroxylation is 3. The topological polar surface area (TPSA) is 84.8 Å². The summed E-state index contributed by atoms with van der Waals surface area (Å²) in [5.74, 6) is 0.944. The van der Waals surface area contributed by atoms with E-state index in [0.29, 0.717) is 18.2 Å². The summed E-state index contributed by atoms with van der Waals surface area (Å²) in [5, 5.41) is 10.8. The Hall–Kier alpha value is -3.16. The number of benzene rings is 2. The van der Waals surface area contributed by atoms with Gasteiger partial charge in [-0.15, -0.1) is 0 Å². The zero-order valence-corrected chi connectivity index (χ0v) is 18.8. The summed E-state index contributed by atoms with van der Waals surface area (Å²) in [6, 6.07) is 14.3. The lowest BCUT2D eigenvalue weighted by Gasteiger charge is -2.09. The molecule has 3 atom stereocenters. The maximum Gasteiger partial charge on any atom is 0.341 e. The molecule has 1 N–H and O–H groups in total. The van der Waals surface area contributed by atoms with Gasteiger partial charge >= 0.3 is 5.97 Å². The maximum absolute atomic E-state index is 10.7. The lowest BCUT2D eigenvalue weighted by atomic mass is 10.1. The number of rotatable bonds is 9. The third-order valence-electron chi connectivity index (χ3n) is 5.73. The lowest BCUT2D eigenvalue weighted by Crippen LogP contribution is -2.10. The van der Waals surface area contributed by atoms with Crippen molar-refractivity contribution >= 4 is 5.97 Å². The molecular weight excluding hydrogens is 408 g/mol. The van der Waals surface area contributed by atoms with Crippen molar-refractivity contribution in [2.45, 2.75) is 52.8 Å². The molecule has 0 amide bonds. The van der Waals surface area contributed by atoms with Crippen molar-refractivity contribution in [2.75, 3.05) is 6.61 Å². The second-order valence-electron chi connectivity index (χ2n) is 8.15. The Morgan fingerprint density at radius 2 is 1.91 bits per heavy atom. The van der Waals surface area contributed by atoms with Crippen LogP contribution in [0.4, 0.5) is 0 Å². The number of carboxylic acids is 1. The third kappa shape index (κ3) is 4.69. The number of hydrogen-bond donors (Lipinski definition) is 1. The van der Waals surface area contributed by atoms with E-state index in [1.807, 2.05) is 68.3 Å². The number of aliphatic carboxylic acids is 1. The highest BCUT2D eigenvalue weighted by molar-refractivity contribution is 5.68. The van der Waals surface area contributed by atoms with Gasteiger partial charge in [-0.2, -0.15) is 5.06 Å². The predicted molar refractivity (Wildman–Crippen MR) is 119 cm³/mol. The largest absolute Gasteiger partial charge is 0.482 e. The van der Waals surface area contributed by atoms with Crippen molar-refractivity contribution < 1.29 is 23.9 Å². The Morgan fingerprint density at radius 1 is 1.16 bits per heavy atom. The van der Waals surface area contributed by atoms with Gasteiger partial charge in [0, 0.05) is 5.56 Å². The maximum atomic E-state index is 10.7. The SMILES string of the molecule is CCC1C(c2ccc(OCC(=O)O)c(C)c2)N1OCc1nc(-c2ccc(C)cc2)oc1C. The van der Waals surface area contributed by atoms with Gasteiger partial charge in [-0.05, 0) is 56.5 Å². The smallest absolute Gasteiger partial charge is 0.341 e. The molecule has 32 heavy (non-hydrogen) atoms.